The molecular formula is C19H19N3O2S. The molecular weight excluding hydrogens is 334 g/mol. The summed E-state index contributed by atoms with van der Waals surface area (Å²) in [4.78, 5) is 16.1. The van der Waals surface area contributed by atoms with Gasteiger partial charge in [0.05, 0.1) is 12.8 Å². The molecule has 25 heavy (non-hydrogen) atoms. The SMILES string of the molecule is COc1ccccc1NC(=O)N1CCn2cccc2C1c1cccs1. The van der Waals surface area contributed by atoms with Gasteiger partial charge in [-0.1, -0.05) is 18.2 Å². The number of amides is 2. The number of ether oxygens (including phenoxy) is 1. The maximum Gasteiger partial charge on any atom is 0.322 e. The van der Waals surface area contributed by atoms with Crippen LogP contribution in [0, 0.1) is 0 Å². The van der Waals surface area contributed by atoms with Gasteiger partial charge in [0, 0.05) is 29.9 Å². The van der Waals surface area contributed by atoms with Gasteiger partial charge in [-0.25, -0.2) is 4.79 Å². The van der Waals surface area contributed by atoms with E-state index in [-0.39, 0.29) is 12.1 Å². The Kier molecular flexibility index (Phi) is 4.19. The number of para-hydroxylation sites is 2. The third-order valence-electron chi connectivity index (χ3n) is 4.46. The van der Waals surface area contributed by atoms with Gasteiger partial charge in [0.1, 0.15) is 11.8 Å². The number of rotatable bonds is 3. The van der Waals surface area contributed by atoms with Crippen LogP contribution in [0.2, 0.25) is 0 Å². The second-order valence-electron chi connectivity index (χ2n) is 5.87. The average molecular weight is 353 g/mol. The lowest BCUT2D eigenvalue weighted by Gasteiger charge is -2.36. The third-order valence-corrected chi connectivity index (χ3v) is 5.39. The summed E-state index contributed by atoms with van der Waals surface area (Å²) in [5.74, 6) is 0.656. The van der Waals surface area contributed by atoms with E-state index in [0.29, 0.717) is 18.0 Å². The number of methoxy groups -OCH3 is 1. The molecule has 1 atom stereocenters. The van der Waals surface area contributed by atoms with Crippen LogP contribution in [0.5, 0.6) is 5.75 Å². The first-order valence-electron chi connectivity index (χ1n) is 8.17. The van der Waals surface area contributed by atoms with Crippen molar-refractivity contribution >= 4 is 23.1 Å². The Morgan fingerprint density at radius 3 is 2.84 bits per heavy atom. The number of hydrogen-bond acceptors (Lipinski definition) is 3. The van der Waals surface area contributed by atoms with E-state index in [1.54, 1.807) is 18.4 Å². The van der Waals surface area contributed by atoms with E-state index in [2.05, 4.69) is 28.2 Å². The smallest absolute Gasteiger partial charge is 0.322 e. The summed E-state index contributed by atoms with van der Waals surface area (Å²) < 4.78 is 7.56. The minimum Gasteiger partial charge on any atom is -0.495 e. The number of carbonyl (C=O) groups excluding carboxylic acids is 1. The second-order valence-corrected chi connectivity index (χ2v) is 6.85. The Labute approximate surface area is 150 Å². The molecule has 1 N–H and O–H groups in total. The Balaban J connectivity index is 1.65. The van der Waals surface area contributed by atoms with Crippen LogP contribution in [-0.2, 0) is 6.54 Å². The summed E-state index contributed by atoms with van der Waals surface area (Å²) in [7, 11) is 1.60. The van der Waals surface area contributed by atoms with Crippen molar-refractivity contribution < 1.29 is 9.53 Å². The zero-order chi connectivity index (χ0) is 17.2. The molecule has 2 aromatic heterocycles. The number of fused-ring (bicyclic) bond motifs is 1. The zero-order valence-corrected chi connectivity index (χ0v) is 14.7. The molecule has 1 aromatic carbocycles. The number of hydrogen-bond donors (Lipinski definition) is 1. The monoisotopic (exact) mass is 353 g/mol. The summed E-state index contributed by atoms with van der Waals surface area (Å²) in [6.45, 7) is 1.45. The van der Waals surface area contributed by atoms with Crippen molar-refractivity contribution in [1.82, 2.24) is 9.47 Å². The highest BCUT2D eigenvalue weighted by Crippen LogP contribution is 2.35. The number of carbonyl (C=O) groups is 1. The van der Waals surface area contributed by atoms with Gasteiger partial charge in [-0.2, -0.15) is 0 Å². The highest BCUT2D eigenvalue weighted by Gasteiger charge is 2.33. The van der Waals surface area contributed by atoms with Gasteiger partial charge in [0.25, 0.3) is 0 Å². The number of anilines is 1. The number of thiophene rings is 1. The first-order chi connectivity index (χ1) is 12.3. The molecule has 128 valence electrons. The van der Waals surface area contributed by atoms with Crippen molar-refractivity contribution in [2.24, 2.45) is 0 Å². The van der Waals surface area contributed by atoms with E-state index in [0.717, 1.165) is 17.1 Å². The van der Waals surface area contributed by atoms with Gasteiger partial charge in [-0.15, -0.1) is 11.3 Å². The van der Waals surface area contributed by atoms with Crippen LogP contribution < -0.4 is 10.1 Å². The molecule has 0 aliphatic carbocycles. The van der Waals surface area contributed by atoms with E-state index >= 15 is 0 Å². The summed E-state index contributed by atoms with van der Waals surface area (Å²) in [5, 5.41) is 5.05. The van der Waals surface area contributed by atoms with Gasteiger partial charge < -0.3 is 19.5 Å². The fourth-order valence-electron chi connectivity index (χ4n) is 3.28. The molecule has 1 aliphatic rings. The van der Waals surface area contributed by atoms with Crippen LogP contribution in [0.3, 0.4) is 0 Å². The van der Waals surface area contributed by atoms with Crippen LogP contribution in [0.15, 0.2) is 60.1 Å². The minimum absolute atomic E-state index is 0.0709. The van der Waals surface area contributed by atoms with Crippen molar-refractivity contribution in [3.63, 3.8) is 0 Å². The standard InChI is InChI=1S/C19H19N3O2S/c1-24-16-8-3-2-6-14(16)20-19(23)22-12-11-21-10-4-7-15(21)18(22)17-9-5-13-25-17/h2-10,13,18H,11-12H2,1H3,(H,20,23). The molecule has 0 fully saturated rings. The first kappa shape index (κ1) is 15.8. The van der Waals surface area contributed by atoms with Crippen molar-refractivity contribution in [1.29, 1.82) is 0 Å². The molecule has 0 radical (unpaired) electrons. The lowest BCUT2D eigenvalue weighted by Crippen LogP contribution is -2.44. The maximum absolute atomic E-state index is 13.0. The van der Waals surface area contributed by atoms with Crippen LogP contribution >= 0.6 is 11.3 Å². The lowest BCUT2D eigenvalue weighted by molar-refractivity contribution is 0.183. The predicted octanol–water partition coefficient (Wildman–Crippen LogP) is 4.20. The average Bonchev–Trinajstić information content (AvgIpc) is 3.32. The minimum atomic E-state index is -0.115. The number of nitrogens with zero attached hydrogens (tertiary/aromatic N) is 2. The van der Waals surface area contributed by atoms with Crippen molar-refractivity contribution in [2.75, 3.05) is 19.0 Å². The molecule has 5 nitrogen and oxygen atoms in total. The Morgan fingerprint density at radius 1 is 1.16 bits per heavy atom. The summed E-state index contributed by atoms with van der Waals surface area (Å²) >= 11 is 1.67. The quantitative estimate of drug-likeness (QED) is 0.767. The Bertz CT molecular complexity index is 872. The fraction of sp³-hybridized carbons (Fsp3) is 0.211. The highest BCUT2D eigenvalue weighted by atomic mass is 32.1. The maximum atomic E-state index is 13.0. The molecule has 3 aromatic rings. The topological polar surface area (TPSA) is 46.5 Å². The zero-order valence-electron chi connectivity index (χ0n) is 13.9. The van der Waals surface area contributed by atoms with E-state index in [4.69, 9.17) is 4.74 Å². The van der Waals surface area contributed by atoms with Crippen molar-refractivity contribution in [3.8, 4) is 5.75 Å². The molecule has 3 heterocycles. The number of urea groups is 1. The molecule has 0 saturated carbocycles. The number of nitrogens with one attached hydrogen (secondary N) is 1. The summed E-state index contributed by atoms with van der Waals surface area (Å²) in [6, 6.07) is 15.5. The van der Waals surface area contributed by atoms with E-state index in [1.807, 2.05) is 46.7 Å². The van der Waals surface area contributed by atoms with Gasteiger partial charge in [0.2, 0.25) is 0 Å². The molecule has 1 unspecified atom stereocenters. The normalized spacial score (nSPS) is 16.4. The largest absolute Gasteiger partial charge is 0.495 e. The van der Waals surface area contributed by atoms with Gasteiger partial charge in [0.15, 0.2) is 0 Å². The van der Waals surface area contributed by atoms with Gasteiger partial charge in [-0.3, -0.25) is 0 Å². The first-order valence-corrected chi connectivity index (χ1v) is 9.05. The predicted molar refractivity (Wildman–Crippen MR) is 99.3 cm³/mol. The number of aromatic nitrogens is 1. The fourth-order valence-corrected chi connectivity index (χ4v) is 4.13. The Morgan fingerprint density at radius 2 is 2.04 bits per heavy atom. The highest BCUT2D eigenvalue weighted by molar-refractivity contribution is 7.10. The van der Waals surface area contributed by atoms with Gasteiger partial charge >= 0.3 is 6.03 Å². The third kappa shape index (κ3) is 2.89. The molecule has 0 saturated heterocycles. The number of benzene rings is 1. The van der Waals surface area contributed by atoms with Crippen LogP contribution in [0.4, 0.5) is 10.5 Å². The Hall–Kier alpha value is -2.73. The van der Waals surface area contributed by atoms with Crippen molar-refractivity contribution in [2.45, 2.75) is 12.6 Å². The molecule has 4 rings (SSSR count). The lowest BCUT2D eigenvalue weighted by atomic mass is 10.1. The van der Waals surface area contributed by atoms with Crippen LogP contribution in [-0.4, -0.2) is 29.2 Å². The summed E-state index contributed by atoms with van der Waals surface area (Å²) in [5.41, 5.74) is 1.82. The van der Waals surface area contributed by atoms with E-state index < -0.39 is 0 Å². The van der Waals surface area contributed by atoms with Crippen LogP contribution in [0.25, 0.3) is 0 Å². The molecule has 1 aliphatic heterocycles. The molecule has 0 bridgehead atoms. The second kappa shape index (κ2) is 6.64. The molecule has 6 heteroatoms. The van der Waals surface area contributed by atoms with E-state index in [1.165, 1.54) is 0 Å². The molecule has 2 amide bonds. The molecule has 0 spiro atoms. The summed E-state index contributed by atoms with van der Waals surface area (Å²) in [6.07, 6.45) is 2.07. The van der Waals surface area contributed by atoms with E-state index in [9.17, 15) is 4.79 Å². The van der Waals surface area contributed by atoms with Crippen LogP contribution in [0.1, 0.15) is 16.6 Å². The van der Waals surface area contributed by atoms with Gasteiger partial charge in [-0.05, 0) is 35.7 Å². The van der Waals surface area contributed by atoms with Crippen molar-refractivity contribution in [3.05, 3.63) is 70.7 Å².